The molecule has 1 amide bonds. The number of hydrogen-bond acceptors (Lipinski definition) is 4. The summed E-state index contributed by atoms with van der Waals surface area (Å²) in [5.74, 6) is 1.55. The van der Waals surface area contributed by atoms with Gasteiger partial charge in [-0.15, -0.1) is 0 Å². The van der Waals surface area contributed by atoms with Crippen LogP contribution in [0.5, 0.6) is 11.5 Å². The molecule has 0 radical (unpaired) electrons. The van der Waals surface area contributed by atoms with Crippen LogP contribution in [-0.4, -0.2) is 24.8 Å². The second-order valence-corrected chi connectivity index (χ2v) is 7.68. The highest BCUT2D eigenvalue weighted by Gasteiger charge is 2.28. The van der Waals surface area contributed by atoms with Crippen LogP contribution in [0.25, 0.3) is 6.08 Å². The van der Waals surface area contributed by atoms with Gasteiger partial charge in [-0.1, -0.05) is 48.5 Å². The van der Waals surface area contributed by atoms with Crippen molar-refractivity contribution in [2.75, 3.05) is 18.2 Å². The quantitative estimate of drug-likeness (QED) is 0.367. The van der Waals surface area contributed by atoms with Crippen molar-refractivity contribution in [2.45, 2.75) is 20.8 Å². The molecule has 0 saturated carbocycles. The van der Waals surface area contributed by atoms with Gasteiger partial charge in [0.2, 0.25) is 0 Å². The summed E-state index contributed by atoms with van der Waals surface area (Å²) < 4.78 is 11.7. The summed E-state index contributed by atoms with van der Waals surface area (Å²) in [5, 5.41) is 5.85. The number of nitrogens with zero attached hydrogens (tertiary/aromatic N) is 2. The summed E-state index contributed by atoms with van der Waals surface area (Å²) >= 11 is 0. The molecule has 0 atom stereocenters. The Morgan fingerprint density at radius 3 is 2.16 bits per heavy atom. The number of carbonyl (C=O) groups is 1. The van der Waals surface area contributed by atoms with E-state index in [1.54, 1.807) is 0 Å². The summed E-state index contributed by atoms with van der Waals surface area (Å²) in [6.07, 6.45) is 1.86. The Bertz CT molecular complexity index is 1150. The average Bonchev–Trinajstić information content (AvgIpc) is 3.08. The van der Waals surface area contributed by atoms with E-state index in [-0.39, 0.29) is 5.91 Å². The van der Waals surface area contributed by atoms with Crippen LogP contribution >= 0.6 is 0 Å². The maximum absolute atomic E-state index is 12.8. The Balaban J connectivity index is 1.35. The first-order valence-electron chi connectivity index (χ1n) is 10.6. The van der Waals surface area contributed by atoms with Gasteiger partial charge in [-0.25, -0.2) is 0 Å². The first-order chi connectivity index (χ1) is 15.5. The number of amides is 1. The van der Waals surface area contributed by atoms with Crippen molar-refractivity contribution < 1.29 is 14.3 Å². The molecule has 3 aromatic rings. The van der Waals surface area contributed by atoms with Gasteiger partial charge in [0.05, 0.1) is 17.0 Å². The molecule has 5 heteroatoms. The minimum atomic E-state index is -0.127. The lowest BCUT2D eigenvalue weighted by atomic mass is 10.1. The zero-order valence-electron chi connectivity index (χ0n) is 18.5. The van der Waals surface area contributed by atoms with Gasteiger partial charge >= 0.3 is 0 Å². The van der Waals surface area contributed by atoms with E-state index in [0.717, 1.165) is 33.9 Å². The Labute approximate surface area is 188 Å². The lowest BCUT2D eigenvalue weighted by Gasteiger charge is -2.12. The SMILES string of the molecule is CC1=NN(c2ccccc2)C(=O)/C1=C/c1ccc(OCCOc2c(C)cccc2C)cc1. The Morgan fingerprint density at radius 1 is 0.812 bits per heavy atom. The summed E-state index contributed by atoms with van der Waals surface area (Å²) in [4.78, 5) is 12.8. The molecule has 1 heterocycles. The Hall–Kier alpha value is -3.86. The first kappa shape index (κ1) is 21.4. The van der Waals surface area contributed by atoms with E-state index in [0.29, 0.717) is 24.5 Å². The summed E-state index contributed by atoms with van der Waals surface area (Å²) in [7, 11) is 0. The van der Waals surface area contributed by atoms with E-state index >= 15 is 0 Å². The predicted molar refractivity (Wildman–Crippen MR) is 128 cm³/mol. The minimum Gasteiger partial charge on any atom is -0.490 e. The monoisotopic (exact) mass is 426 g/mol. The molecule has 5 nitrogen and oxygen atoms in total. The highest BCUT2D eigenvalue weighted by atomic mass is 16.5. The molecule has 3 aromatic carbocycles. The fraction of sp³-hybridized carbons (Fsp3) is 0.185. The van der Waals surface area contributed by atoms with Crippen LogP contribution < -0.4 is 14.5 Å². The van der Waals surface area contributed by atoms with Crippen LogP contribution in [0, 0.1) is 13.8 Å². The van der Waals surface area contributed by atoms with Crippen LogP contribution in [0.2, 0.25) is 0 Å². The standard InChI is InChI=1S/C27H26N2O3/c1-19-8-7-9-20(2)26(19)32-17-16-31-24-14-12-22(13-15-24)18-25-21(3)28-29(27(25)30)23-10-5-4-6-11-23/h4-15,18H,16-17H2,1-3H3/b25-18+. The lowest BCUT2D eigenvalue weighted by Crippen LogP contribution is -2.21. The molecule has 0 N–H and O–H groups in total. The number of para-hydroxylation sites is 2. The van der Waals surface area contributed by atoms with Crippen LogP contribution in [0.3, 0.4) is 0 Å². The van der Waals surface area contributed by atoms with E-state index in [1.807, 2.05) is 99.6 Å². The van der Waals surface area contributed by atoms with Crippen LogP contribution in [-0.2, 0) is 4.79 Å². The van der Waals surface area contributed by atoms with Crippen LogP contribution in [0.1, 0.15) is 23.6 Å². The van der Waals surface area contributed by atoms with Gasteiger partial charge in [0, 0.05) is 0 Å². The molecule has 0 spiro atoms. The molecule has 1 aliphatic heterocycles. The van der Waals surface area contributed by atoms with Crippen molar-refractivity contribution in [3.63, 3.8) is 0 Å². The smallest absolute Gasteiger partial charge is 0.280 e. The summed E-state index contributed by atoms with van der Waals surface area (Å²) in [6.45, 7) is 6.84. The Kier molecular flexibility index (Phi) is 6.36. The highest BCUT2D eigenvalue weighted by molar-refractivity contribution is 6.32. The second-order valence-electron chi connectivity index (χ2n) is 7.68. The number of anilines is 1. The first-order valence-corrected chi connectivity index (χ1v) is 10.6. The van der Waals surface area contributed by atoms with Gasteiger partial charge in [-0.05, 0) is 67.8 Å². The average molecular weight is 427 g/mol. The van der Waals surface area contributed by atoms with E-state index in [9.17, 15) is 4.79 Å². The second kappa shape index (κ2) is 9.52. The van der Waals surface area contributed by atoms with Crippen molar-refractivity contribution in [2.24, 2.45) is 5.10 Å². The lowest BCUT2D eigenvalue weighted by molar-refractivity contribution is -0.114. The topological polar surface area (TPSA) is 51.1 Å². The largest absolute Gasteiger partial charge is 0.490 e. The maximum Gasteiger partial charge on any atom is 0.280 e. The summed E-state index contributed by atoms with van der Waals surface area (Å²) in [5.41, 5.74) is 5.19. The van der Waals surface area contributed by atoms with Gasteiger partial charge < -0.3 is 9.47 Å². The van der Waals surface area contributed by atoms with Gasteiger partial charge in [0.1, 0.15) is 24.7 Å². The molecular weight excluding hydrogens is 400 g/mol. The number of ether oxygens (including phenoxy) is 2. The van der Waals surface area contributed by atoms with Crippen molar-refractivity contribution in [1.82, 2.24) is 0 Å². The number of benzene rings is 3. The van der Waals surface area contributed by atoms with Crippen molar-refractivity contribution in [1.29, 1.82) is 0 Å². The molecule has 4 rings (SSSR count). The third kappa shape index (κ3) is 4.72. The van der Waals surface area contributed by atoms with Gasteiger partial charge in [-0.2, -0.15) is 10.1 Å². The van der Waals surface area contributed by atoms with E-state index in [2.05, 4.69) is 5.10 Å². The zero-order chi connectivity index (χ0) is 22.5. The fourth-order valence-corrected chi connectivity index (χ4v) is 3.59. The number of carbonyl (C=O) groups excluding carboxylic acids is 1. The normalized spacial score (nSPS) is 14.6. The van der Waals surface area contributed by atoms with Crippen molar-refractivity contribution >= 4 is 23.4 Å². The van der Waals surface area contributed by atoms with Gasteiger partial charge in [0.25, 0.3) is 5.91 Å². The summed E-state index contributed by atoms with van der Waals surface area (Å²) in [6, 6.07) is 23.2. The zero-order valence-corrected chi connectivity index (χ0v) is 18.5. The van der Waals surface area contributed by atoms with Gasteiger partial charge in [0.15, 0.2) is 0 Å². The van der Waals surface area contributed by atoms with Crippen molar-refractivity contribution in [3.05, 3.63) is 95.1 Å². The third-order valence-electron chi connectivity index (χ3n) is 5.26. The molecule has 0 fully saturated rings. The molecule has 32 heavy (non-hydrogen) atoms. The minimum absolute atomic E-state index is 0.127. The number of rotatable bonds is 7. The van der Waals surface area contributed by atoms with E-state index in [1.165, 1.54) is 5.01 Å². The molecule has 162 valence electrons. The predicted octanol–water partition coefficient (Wildman–Crippen LogP) is 5.57. The van der Waals surface area contributed by atoms with Crippen molar-refractivity contribution in [3.8, 4) is 11.5 Å². The molecule has 0 aliphatic carbocycles. The van der Waals surface area contributed by atoms with Gasteiger partial charge in [-0.3, -0.25) is 4.79 Å². The molecule has 0 unspecified atom stereocenters. The third-order valence-corrected chi connectivity index (χ3v) is 5.26. The maximum atomic E-state index is 12.8. The molecule has 0 saturated heterocycles. The fourth-order valence-electron chi connectivity index (χ4n) is 3.59. The highest BCUT2D eigenvalue weighted by Crippen LogP contribution is 2.25. The number of hydrogen-bond donors (Lipinski definition) is 0. The van der Waals surface area contributed by atoms with Crippen LogP contribution in [0.4, 0.5) is 5.69 Å². The molecule has 0 aromatic heterocycles. The number of aryl methyl sites for hydroxylation is 2. The van der Waals surface area contributed by atoms with Crippen LogP contribution in [0.15, 0.2) is 83.5 Å². The Morgan fingerprint density at radius 2 is 1.47 bits per heavy atom. The molecule has 0 bridgehead atoms. The molecule has 1 aliphatic rings. The number of hydrazone groups is 1. The van der Waals surface area contributed by atoms with E-state index < -0.39 is 0 Å². The van der Waals surface area contributed by atoms with E-state index in [4.69, 9.17) is 9.47 Å². The molecular formula is C27H26N2O3.